The smallest absolute Gasteiger partial charge is 0.253 e. The molecule has 4 heterocycles. The molecule has 178 valence electrons. The van der Waals surface area contributed by atoms with Crippen molar-refractivity contribution in [3.8, 4) is 22.3 Å². The number of aryl methyl sites for hydroxylation is 1. The highest BCUT2D eigenvalue weighted by molar-refractivity contribution is 5.99. The molecule has 1 N–H and O–H groups in total. The number of aromatic amines is 1. The minimum atomic E-state index is 0.107. The van der Waals surface area contributed by atoms with Gasteiger partial charge in [-0.2, -0.15) is 0 Å². The second kappa shape index (κ2) is 8.54. The van der Waals surface area contributed by atoms with Crippen LogP contribution in [0.3, 0.4) is 0 Å². The van der Waals surface area contributed by atoms with Gasteiger partial charge in [0.05, 0.1) is 0 Å². The number of hydrogen-bond acceptors (Lipinski definition) is 4. The van der Waals surface area contributed by atoms with E-state index in [0.717, 1.165) is 78.0 Å². The number of hydrogen-bond donors (Lipinski definition) is 1. The largest absolute Gasteiger partial charge is 0.369 e. The fourth-order valence-corrected chi connectivity index (χ4v) is 5.41. The number of piperazine rings is 1. The van der Waals surface area contributed by atoms with E-state index in [1.807, 2.05) is 25.5 Å². The second-order valence-electron chi connectivity index (χ2n) is 9.96. The molecule has 0 saturated carbocycles. The van der Waals surface area contributed by atoms with Crippen molar-refractivity contribution in [1.82, 2.24) is 19.8 Å². The van der Waals surface area contributed by atoms with Crippen LogP contribution in [-0.4, -0.2) is 72.5 Å². The van der Waals surface area contributed by atoms with E-state index in [-0.39, 0.29) is 5.91 Å². The number of aromatic nitrogens is 2. The first-order valence-corrected chi connectivity index (χ1v) is 12.4. The lowest BCUT2D eigenvalue weighted by molar-refractivity contribution is 0.0781. The molecular weight excluding hydrogens is 434 g/mol. The van der Waals surface area contributed by atoms with Crippen LogP contribution in [0.5, 0.6) is 0 Å². The van der Waals surface area contributed by atoms with Crippen LogP contribution in [0.2, 0.25) is 0 Å². The van der Waals surface area contributed by atoms with E-state index < -0.39 is 0 Å². The Balaban J connectivity index is 1.34. The molecule has 0 atom stereocenters. The van der Waals surface area contributed by atoms with Crippen molar-refractivity contribution in [3.05, 3.63) is 71.5 Å². The van der Waals surface area contributed by atoms with E-state index in [0.29, 0.717) is 0 Å². The fraction of sp³-hybridized carbons (Fsp3) is 0.310. The molecule has 0 bridgehead atoms. The van der Waals surface area contributed by atoms with Gasteiger partial charge in [-0.1, -0.05) is 18.2 Å². The highest BCUT2D eigenvalue weighted by Gasteiger charge is 2.22. The molecule has 2 aromatic heterocycles. The maximum absolute atomic E-state index is 12.5. The van der Waals surface area contributed by atoms with Crippen LogP contribution in [-0.2, 0) is 6.42 Å². The number of rotatable bonds is 3. The van der Waals surface area contributed by atoms with Crippen molar-refractivity contribution in [2.75, 3.05) is 51.7 Å². The molecule has 2 aliphatic heterocycles. The van der Waals surface area contributed by atoms with E-state index in [9.17, 15) is 4.79 Å². The first kappa shape index (κ1) is 21.9. The predicted molar refractivity (Wildman–Crippen MR) is 142 cm³/mol. The van der Waals surface area contributed by atoms with Gasteiger partial charge in [-0.15, -0.1) is 0 Å². The van der Waals surface area contributed by atoms with Crippen LogP contribution >= 0.6 is 0 Å². The summed E-state index contributed by atoms with van der Waals surface area (Å²) in [6.45, 7) is 7.31. The van der Waals surface area contributed by atoms with Gasteiger partial charge < -0.3 is 19.7 Å². The third-order valence-electron chi connectivity index (χ3n) is 7.62. The Kier molecular flexibility index (Phi) is 5.33. The van der Waals surface area contributed by atoms with Gasteiger partial charge in [0.15, 0.2) is 0 Å². The lowest BCUT2D eigenvalue weighted by atomic mass is 9.94. The SMILES string of the molecule is Cc1cc(-c2cnc3[nH]cc(-c4ccc5c(c4)CCN(C)C5=O)c3c2)ccc1N1CCN(C)CC1. The number of amides is 1. The summed E-state index contributed by atoms with van der Waals surface area (Å²) in [6, 6.07) is 15.2. The Bertz CT molecular complexity index is 1430. The molecule has 1 saturated heterocycles. The molecule has 6 heteroatoms. The lowest BCUT2D eigenvalue weighted by Gasteiger charge is -2.35. The van der Waals surface area contributed by atoms with Crippen molar-refractivity contribution in [1.29, 1.82) is 0 Å². The molecule has 0 radical (unpaired) electrons. The fourth-order valence-electron chi connectivity index (χ4n) is 5.41. The van der Waals surface area contributed by atoms with Crippen LogP contribution in [0, 0.1) is 6.92 Å². The van der Waals surface area contributed by atoms with Crippen molar-refractivity contribution < 1.29 is 4.79 Å². The number of nitrogens with one attached hydrogen (secondary N) is 1. The third kappa shape index (κ3) is 3.88. The number of nitrogens with zero attached hydrogens (tertiary/aromatic N) is 4. The molecule has 0 aliphatic carbocycles. The molecular formula is C29H31N5O. The minimum Gasteiger partial charge on any atom is -0.369 e. The molecule has 1 amide bonds. The molecule has 0 unspecified atom stereocenters. The number of fused-ring (bicyclic) bond motifs is 2. The minimum absolute atomic E-state index is 0.107. The standard InChI is InChI=1S/C29H31N5O/c1-19-14-20(5-7-27(19)34-12-10-32(2)11-13-34)23-16-25-26(18-31-28(25)30-17-23)21-4-6-24-22(15-21)8-9-33(3)29(24)35/h4-7,14-18H,8-13H2,1-3H3,(H,30,31). The predicted octanol–water partition coefficient (Wildman–Crippen LogP) is 4.59. The highest BCUT2D eigenvalue weighted by atomic mass is 16.2. The molecule has 1 fully saturated rings. The molecule has 0 spiro atoms. The Labute approximate surface area is 206 Å². The van der Waals surface area contributed by atoms with Crippen molar-refractivity contribution in [3.63, 3.8) is 0 Å². The average Bonchev–Trinajstić information content (AvgIpc) is 3.30. The van der Waals surface area contributed by atoms with E-state index in [4.69, 9.17) is 4.98 Å². The summed E-state index contributed by atoms with van der Waals surface area (Å²) >= 11 is 0. The number of likely N-dealkylation sites (N-methyl/N-ethyl adjacent to an activating group) is 2. The van der Waals surface area contributed by atoms with Crippen molar-refractivity contribution in [2.24, 2.45) is 0 Å². The van der Waals surface area contributed by atoms with E-state index in [1.165, 1.54) is 16.8 Å². The van der Waals surface area contributed by atoms with Gasteiger partial charge in [-0.3, -0.25) is 4.79 Å². The van der Waals surface area contributed by atoms with Gasteiger partial charge in [0.1, 0.15) is 5.65 Å². The highest BCUT2D eigenvalue weighted by Crippen LogP contribution is 2.34. The van der Waals surface area contributed by atoms with E-state index in [1.54, 1.807) is 4.90 Å². The summed E-state index contributed by atoms with van der Waals surface area (Å²) in [4.78, 5) is 27.2. The zero-order valence-corrected chi connectivity index (χ0v) is 20.6. The normalized spacial score (nSPS) is 16.7. The second-order valence-corrected chi connectivity index (χ2v) is 9.96. The summed E-state index contributed by atoms with van der Waals surface area (Å²) in [5, 5.41) is 1.10. The van der Waals surface area contributed by atoms with Gasteiger partial charge in [-0.25, -0.2) is 4.98 Å². The van der Waals surface area contributed by atoms with E-state index in [2.05, 4.69) is 65.2 Å². The third-order valence-corrected chi connectivity index (χ3v) is 7.62. The summed E-state index contributed by atoms with van der Waals surface area (Å²) in [7, 11) is 4.05. The van der Waals surface area contributed by atoms with Crippen molar-refractivity contribution in [2.45, 2.75) is 13.3 Å². The van der Waals surface area contributed by atoms with E-state index >= 15 is 0 Å². The zero-order chi connectivity index (χ0) is 24.1. The van der Waals surface area contributed by atoms with Gasteiger partial charge >= 0.3 is 0 Å². The monoisotopic (exact) mass is 465 g/mol. The Morgan fingerprint density at radius 1 is 0.857 bits per heavy atom. The molecule has 6 nitrogen and oxygen atoms in total. The average molecular weight is 466 g/mol. The first-order chi connectivity index (χ1) is 17.0. The number of carbonyl (C=O) groups excluding carboxylic acids is 1. The van der Waals surface area contributed by atoms with Crippen LogP contribution in [0.15, 0.2) is 54.9 Å². The molecule has 35 heavy (non-hydrogen) atoms. The van der Waals surface area contributed by atoms with Crippen molar-refractivity contribution >= 4 is 22.6 Å². The quantitative estimate of drug-likeness (QED) is 0.481. The Hall–Kier alpha value is -3.64. The topological polar surface area (TPSA) is 55.5 Å². The number of anilines is 1. The summed E-state index contributed by atoms with van der Waals surface area (Å²) in [6.07, 6.45) is 4.87. The maximum atomic E-state index is 12.5. The molecule has 6 rings (SSSR count). The van der Waals surface area contributed by atoms with Crippen LogP contribution < -0.4 is 4.90 Å². The summed E-state index contributed by atoms with van der Waals surface area (Å²) in [5.41, 5.74) is 9.97. The van der Waals surface area contributed by atoms with Crippen LogP contribution in [0.1, 0.15) is 21.5 Å². The lowest BCUT2D eigenvalue weighted by Crippen LogP contribution is -2.44. The maximum Gasteiger partial charge on any atom is 0.253 e. The molecule has 2 aromatic carbocycles. The summed E-state index contributed by atoms with van der Waals surface area (Å²) in [5.74, 6) is 0.107. The van der Waals surface area contributed by atoms with Gasteiger partial charge in [0, 0.05) is 79.9 Å². The first-order valence-electron chi connectivity index (χ1n) is 12.4. The molecule has 2 aliphatic rings. The zero-order valence-electron chi connectivity index (χ0n) is 20.6. The Morgan fingerprint density at radius 2 is 1.66 bits per heavy atom. The number of pyridine rings is 1. The number of carbonyl (C=O) groups is 1. The van der Waals surface area contributed by atoms with Crippen LogP contribution in [0.4, 0.5) is 5.69 Å². The number of benzene rings is 2. The Morgan fingerprint density at radius 3 is 2.46 bits per heavy atom. The van der Waals surface area contributed by atoms with Gasteiger partial charge in [0.25, 0.3) is 5.91 Å². The molecule has 4 aromatic rings. The van der Waals surface area contributed by atoms with Gasteiger partial charge in [0.2, 0.25) is 0 Å². The summed E-state index contributed by atoms with van der Waals surface area (Å²) < 4.78 is 0. The number of H-pyrrole nitrogens is 1. The van der Waals surface area contributed by atoms with Crippen LogP contribution in [0.25, 0.3) is 33.3 Å². The van der Waals surface area contributed by atoms with Gasteiger partial charge in [-0.05, 0) is 66.9 Å².